The Bertz CT molecular complexity index is 1040. The van der Waals surface area contributed by atoms with Crippen molar-refractivity contribution >= 4 is 22.4 Å². The third kappa shape index (κ3) is 3.35. The molecule has 0 aliphatic carbocycles. The number of aryl methyl sites for hydroxylation is 2. The van der Waals surface area contributed by atoms with Gasteiger partial charge in [-0.3, -0.25) is 0 Å². The number of rotatable bonds is 4. The van der Waals surface area contributed by atoms with Crippen LogP contribution in [0.4, 0.5) is 11.5 Å². The van der Waals surface area contributed by atoms with Crippen LogP contribution in [0.2, 0.25) is 0 Å². The zero-order valence-electron chi connectivity index (χ0n) is 14.7. The van der Waals surface area contributed by atoms with Crippen LogP contribution < -0.4 is 10.1 Å². The molecule has 0 unspecified atom stereocenters. The molecule has 0 aliphatic rings. The first-order valence-electron chi connectivity index (χ1n) is 8.51. The van der Waals surface area contributed by atoms with Crippen molar-refractivity contribution in [2.45, 2.75) is 13.8 Å². The third-order valence-electron chi connectivity index (χ3n) is 4.35. The first-order chi connectivity index (χ1) is 12.7. The average Bonchev–Trinajstić information content (AvgIpc) is 2.66. The monoisotopic (exact) mass is 341 g/mol. The van der Waals surface area contributed by atoms with Gasteiger partial charge >= 0.3 is 0 Å². The van der Waals surface area contributed by atoms with E-state index in [9.17, 15) is 0 Å². The summed E-state index contributed by atoms with van der Waals surface area (Å²) in [6.45, 7) is 4.19. The lowest BCUT2D eigenvalue weighted by molar-refractivity contribution is 0.483. The minimum absolute atomic E-state index is 0.792. The van der Waals surface area contributed by atoms with Gasteiger partial charge in [0, 0.05) is 11.1 Å². The van der Waals surface area contributed by atoms with Crippen LogP contribution in [-0.2, 0) is 0 Å². The molecule has 0 saturated heterocycles. The highest BCUT2D eigenvalue weighted by Crippen LogP contribution is 2.27. The molecule has 0 amide bonds. The van der Waals surface area contributed by atoms with Gasteiger partial charge in [0.1, 0.15) is 23.6 Å². The molecule has 4 nitrogen and oxygen atoms in total. The molecule has 0 aliphatic heterocycles. The molecule has 26 heavy (non-hydrogen) atoms. The number of hydrogen-bond acceptors (Lipinski definition) is 4. The summed E-state index contributed by atoms with van der Waals surface area (Å²) in [6.07, 6.45) is 1.59. The number of fused-ring (bicyclic) bond motifs is 1. The Balaban J connectivity index is 1.58. The molecule has 0 fully saturated rings. The molecule has 4 heteroatoms. The molecule has 4 rings (SSSR count). The lowest BCUT2D eigenvalue weighted by Crippen LogP contribution is -1.97. The van der Waals surface area contributed by atoms with Crippen LogP contribution >= 0.6 is 0 Å². The van der Waals surface area contributed by atoms with E-state index in [4.69, 9.17) is 4.74 Å². The van der Waals surface area contributed by atoms with Crippen LogP contribution in [0.1, 0.15) is 11.1 Å². The van der Waals surface area contributed by atoms with Gasteiger partial charge in [0.25, 0.3) is 0 Å². The highest BCUT2D eigenvalue weighted by Gasteiger charge is 2.06. The van der Waals surface area contributed by atoms with Gasteiger partial charge in [-0.2, -0.15) is 0 Å². The fraction of sp³-hybridized carbons (Fsp3) is 0.0909. The molecule has 3 aromatic carbocycles. The van der Waals surface area contributed by atoms with Crippen LogP contribution in [0.25, 0.3) is 10.9 Å². The van der Waals surface area contributed by atoms with Gasteiger partial charge in [-0.15, -0.1) is 0 Å². The second-order valence-electron chi connectivity index (χ2n) is 6.24. The van der Waals surface area contributed by atoms with E-state index in [1.54, 1.807) is 6.33 Å². The van der Waals surface area contributed by atoms with Gasteiger partial charge < -0.3 is 10.1 Å². The minimum atomic E-state index is 0.792. The molecule has 1 N–H and O–H groups in total. The van der Waals surface area contributed by atoms with Crippen molar-refractivity contribution in [3.63, 3.8) is 0 Å². The highest BCUT2D eigenvalue weighted by atomic mass is 16.5. The smallest absolute Gasteiger partial charge is 0.141 e. The van der Waals surface area contributed by atoms with Gasteiger partial charge in [0.15, 0.2) is 0 Å². The van der Waals surface area contributed by atoms with Crippen LogP contribution in [0.5, 0.6) is 11.5 Å². The van der Waals surface area contributed by atoms with E-state index in [0.29, 0.717) is 0 Å². The maximum absolute atomic E-state index is 5.83. The largest absolute Gasteiger partial charge is 0.457 e. The topological polar surface area (TPSA) is 47.0 Å². The van der Waals surface area contributed by atoms with Crippen LogP contribution in [0.15, 0.2) is 73.1 Å². The Morgan fingerprint density at radius 1 is 0.769 bits per heavy atom. The average molecular weight is 341 g/mol. The predicted octanol–water partition coefficient (Wildman–Crippen LogP) is 5.78. The van der Waals surface area contributed by atoms with Crippen molar-refractivity contribution in [3.05, 3.63) is 84.2 Å². The van der Waals surface area contributed by atoms with Crippen LogP contribution in [0, 0.1) is 13.8 Å². The lowest BCUT2D eigenvalue weighted by Gasteiger charge is -2.11. The number of anilines is 2. The second-order valence-corrected chi connectivity index (χ2v) is 6.24. The molecule has 0 spiro atoms. The van der Waals surface area contributed by atoms with Crippen molar-refractivity contribution in [2.75, 3.05) is 5.32 Å². The van der Waals surface area contributed by atoms with Crippen LogP contribution in [0.3, 0.4) is 0 Å². The number of nitrogens with one attached hydrogen (secondary N) is 1. The highest BCUT2D eigenvalue weighted by molar-refractivity contribution is 5.91. The summed E-state index contributed by atoms with van der Waals surface area (Å²) >= 11 is 0. The van der Waals surface area contributed by atoms with Crippen molar-refractivity contribution in [3.8, 4) is 11.5 Å². The van der Waals surface area contributed by atoms with Crippen molar-refractivity contribution in [1.82, 2.24) is 9.97 Å². The van der Waals surface area contributed by atoms with E-state index in [0.717, 1.165) is 33.9 Å². The predicted molar refractivity (Wildman–Crippen MR) is 105 cm³/mol. The number of para-hydroxylation sites is 1. The zero-order valence-corrected chi connectivity index (χ0v) is 14.7. The Morgan fingerprint density at radius 3 is 2.23 bits per heavy atom. The molecule has 0 atom stereocenters. The van der Waals surface area contributed by atoms with Gasteiger partial charge in [-0.1, -0.05) is 18.2 Å². The quantitative estimate of drug-likeness (QED) is 0.511. The molecule has 0 bridgehead atoms. The van der Waals surface area contributed by atoms with E-state index in [1.165, 1.54) is 11.1 Å². The minimum Gasteiger partial charge on any atom is -0.457 e. The summed E-state index contributed by atoms with van der Waals surface area (Å²) in [7, 11) is 0. The standard InChI is InChI=1S/C22H19N3O/c1-15-12-20-21(13-16(15)2)23-14-24-22(20)25-17-8-10-19(11-9-17)26-18-6-4-3-5-7-18/h3-14H,1-2H3,(H,23,24,25). The first-order valence-corrected chi connectivity index (χ1v) is 8.51. The first kappa shape index (κ1) is 16.1. The summed E-state index contributed by atoms with van der Waals surface area (Å²) in [4.78, 5) is 8.78. The summed E-state index contributed by atoms with van der Waals surface area (Å²) in [5, 5.41) is 4.39. The van der Waals surface area contributed by atoms with Crippen molar-refractivity contribution in [1.29, 1.82) is 0 Å². The van der Waals surface area contributed by atoms with E-state index in [2.05, 4.69) is 41.3 Å². The van der Waals surface area contributed by atoms with Crippen molar-refractivity contribution in [2.24, 2.45) is 0 Å². The van der Waals surface area contributed by atoms with E-state index < -0.39 is 0 Å². The Labute approximate surface area is 152 Å². The van der Waals surface area contributed by atoms with E-state index >= 15 is 0 Å². The molecule has 128 valence electrons. The van der Waals surface area contributed by atoms with Gasteiger partial charge in [-0.25, -0.2) is 9.97 Å². The Morgan fingerprint density at radius 2 is 1.46 bits per heavy atom. The van der Waals surface area contributed by atoms with E-state index in [1.807, 2.05) is 54.6 Å². The normalized spacial score (nSPS) is 10.7. The Hall–Kier alpha value is -3.40. The summed E-state index contributed by atoms with van der Waals surface area (Å²) in [6, 6.07) is 21.8. The number of nitrogens with zero attached hydrogens (tertiary/aromatic N) is 2. The summed E-state index contributed by atoms with van der Waals surface area (Å²) in [5.41, 5.74) is 4.34. The Kier molecular flexibility index (Phi) is 4.23. The SMILES string of the molecule is Cc1cc2ncnc(Nc3ccc(Oc4ccccc4)cc3)c2cc1C. The van der Waals surface area contributed by atoms with E-state index in [-0.39, 0.29) is 0 Å². The van der Waals surface area contributed by atoms with Crippen molar-refractivity contribution < 1.29 is 4.74 Å². The molecule has 4 aromatic rings. The van der Waals surface area contributed by atoms with Gasteiger partial charge in [0.2, 0.25) is 0 Å². The maximum atomic E-state index is 5.83. The number of benzene rings is 3. The molecular formula is C22H19N3O. The van der Waals surface area contributed by atoms with Gasteiger partial charge in [-0.05, 0) is 73.5 Å². The number of hydrogen-bond donors (Lipinski definition) is 1. The number of ether oxygens (including phenoxy) is 1. The van der Waals surface area contributed by atoms with Gasteiger partial charge in [0.05, 0.1) is 5.52 Å². The van der Waals surface area contributed by atoms with Crippen LogP contribution in [-0.4, -0.2) is 9.97 Å². The summed E-state index contributed by atoms with van der Waals surface area (Å²) < 4.78 is 5.83. The molecule has 0 radical (unpaired) electrons. The lowest BCUT2D eigenvalue weighted by atomic mass is 10.1. The molecular weight excluding hydrogens is 322 g/mol. The summed E-state index contributed by atoms with van der Waals surface area (Å²) in [5.74, 6) is 2.41. The molecule has 1 aromatic heterocycles. The maximum Gasteiger partial charge on any atom is 0.141 e. The molecule has 0 saturated carbocycles. The second kappa shape index (κ2) is 6.84. The fourth-order valence-electron chi connectivity index (χ4n) is 2.78. The molecule has 1 heterocycles. The fourth-order valence-corrected chi connectivity index (χ4v) is 2.78. The zero-order chi connectivity index (χ0) is 17.9. The number of aromatic nitrogens is 2. The third-order valence-corrected chi connectivity index (χ3v) is 4.35.